The van der Waals surface area contributed by atoms with Gasteiger partial charge in [0.2, 0.25) is 0 Å². The number of aliphatic imine (C=N–C) groups is 1. The zero-order chi connectivity index (χ0) is 14.0. The second-order valence-corrected chi connectivity index (χ2v) is 6.14. The molecule has 6 heteroatoms. The Labute approximate surface area is 144 Å². The van der Waals surface area contributed by atoms with Crippen molar-refractivity contribution < 1.29 is 0 Å². The van der Waals surface area contributed by atoms with Gasteiger partial charge in [-0.3, -0.25) is 4.68 Å². The van der Waals surface area contributed by atoms with E-state index in [9.17, 15) is 0 Å². The third kappa shape index (κ3) is 3.52. The molecular formula is C15H26IN5. The van der Waals surface area contributed by atoms with Crippen LogP contribution in [0.4, 0.5) is 0 Å². The Bertz CT molecular complexity index is 492. The van der Waals surface area contributed by atoms with Gasteiger partial charge in [0, 0.05) is 32.9 Å². The summed E-state index contributed by atoms with van der Waals surface area (Å²) in [5.41, 5.74) is 1.76. The Morgan fingerprint density at radius 3 is 2.76 bits per heavy atom. The summed E-state index contributed by atoms with van der Waals surface area (Å²) in [7, 11) is 1.97. The van der Waals surface area contributed by atoms with Gasteiger partial charge in [0.05, 0.1) is 12.2 Å². The molecule has 1 aromatic heterocycles. The first kappa shape index (κ1) is 16.6. The predicted octanol–water partition coefficient (Wildman–Crippen LogP) is 2.38. The van der Waals surface area contributed by atoms with Crippen LogP contribution >= 0.6 is 24.0 Å². The van der Waals surface area contributed by atoms with Crippen LogP contribution in [-0.4, -0.2) is 40.3 Å². The second-order valence-electron chi connectivity index (χ2n) is 6.14. The molecule has 2 fully saturated rings. The average molecular weight is 403 g/mol. The monoisotopic (exact) mass is 403 g/mol. The van der Waals surface area contributed by atoms with E-state index in [4.69, 9.17) is 4.99 Å². The largest absolute Gasteiger partial charge is 0.357 e. The van der Waals surface area contributed by atoms with E-state index in [0.717, 1.165) is 24.7 Å². The number of rotatable bonds is 3. The summed E-state index contributed by atoms with van der Waals surface area (Å²) < 4.78 is 1.89. The van der Waals surface area contributed by atoms with Gasteiger partial charge < -0.3 is 10.2 Å². The Hall–Kier alpha value is -0.790. The fourth-order valence-corrected chi connectivity index (χ4v) is 3.34. The van der Waals surface area contributed by atoms with Crippen LogP contribution in [0.5, 0.6) is 0 Å². The maximum Gasteiger partial charge on any atom is 0.194 e. The average Bonchev–Trinajstić information content (AvgIpc) is 3.01. The molecule has 0 radical (unpaired) electrons. The highest BCUT2D eigenvalue weighted by molar-refractivity contribution is 14.0. The molecule has 1 aliphatic carbocycles. The van der Waals surface area contributed by atoms with E-state index >= 15 is 0 Å². The Morgan fingerprint density at radius 1 is 1.43 bits per heavy atom. The number of aryl methyl sites for hydroxylation is 1. The highest BCUT2D eigenvalue weighted by Crippen LogP contribution is 2.47. The highest BCUT2D eigenvalue weighted by atomic mass is 127. The third-order valence-corrected chi connectivity index (χ3v) is 4.80. The van der Waals surface area contributed by atoms with Gasteiger partial charge in [-0.15, -0.1) is 24.0 Å². The molecule has 2 heterocycles. The molecular weight excluding hydrogens is 377 g/mol. The van der Waals surface area contributed by atoms with Crippen molar-refractivity contribution in [3.63, 3.8) is 0 Å². The van der Waals surface area contributed by atoms with E-state index in [1.54, 1.807) is 0 Å². The number of guanidine groups is 1. The maximum atomic E-state index is 4.79. The third-order valence-electron chi connectivity index (χ3n) is 4.80. The molecule has 0 amide bonds. The van der Waals surface area contributed by atoms with Crippen molar-refractivity contribution in [1.82, 2.24) is 20.0 Å². The lowest BCUT2D eigenvalue weighted by atomic mass is 9.68. The number of hydrogen-bond donors (Lipinski definition) is 1. The number of aromatic nitrogens is 2. The molecule has 5 nitrogen and oxygen atoms in total. The number of halogens is 1. The predicted molar refractivity (Wildman–Crippen MR) is 95.9 cm³/mol. The van der Waals surface area contributed by atoms with E-state index < -0.39 is 0 Å². The SMILES string of the molecule is CCNC(=NCc1ccnn1C)N1CCC2(CCC2)C1.I. The normalized spacial score (nSPS) is 20.3. The van der Waals surface area contributed by atoms with Crippen LogP contribution < -0.4 is 5.32 Å². The van der Waals surface area contributed by atoms with Crippen molar-refractivity contribution in [1.29, 1.82) is 0 Å². The van der Waals surface area contributed by atoms with Crippen LogP contribution in [0.25, 0.3) is 0 Å². The molecule has 0 atom stereocenters. The summed E-state index contributed by atoms with van der Waals surface area (Å²) in [6, 6.07) is 2.03. The molecule has 1 aliphatic heterocycles. The first-order chi connectivity index (χ1) is 9.72. The molecule has 1 saturated heterocycles. The smallest absolute Gasteiger partial charge is 0.194 e. The van der Waals surface area contributed by atoms with Gasteiger partial charge in [0.25, 0.3) is 0 Å². The van der Waals surface area contributed by atoms with Crippen molar-refractivity contribution in [3.05, 3.63) is 18.0 Å². The second kappa shape index (κ2) is 6.98. The Morgan fingerprint density at radius 2 is 2.24 bits per heavy atom. The Balaban J connectivity index is 0.00000161. The van der Waals surface area contributed by atoms with Crippen molar-refractivity contribution in [2.45, 2.75) is 39.2 Å². The minimum Gasteiger partial charge on any atom is -0.357 e. The first-order valence-corrected chi connectivity index (χ1v) is 7.73. The standard InChI is InChI=1S/C15H25N5.HI/c1-3-16-14(17-11-13-5-9-18-19(13)2)20-10-8-15(12-20)6-4-7-15;/h5,9H,3-4,6-8,10-12H2,1-2H3,(H,16,17);1H. The molecule has 1 spiro atoms. The molecule has 2 aliphatic rings. The van der Waals surface area contributed by atoms with Gasteiger partial charge in [0.1, 0.15) is 0 Å². The molecule has 0 bridgehead atoms. The van der Waals surface area contributed by atoms with Crippen LogP contribution in [0.3, 0.4) is 0 Å². The molecule has 1 aromatic rings. The van der Waals surface area contributed by atoms with E-state index in [1.165, 1.54) is 32.2 Å². The molecule has 0 unspecified atom stereocenters. The van der Waals surface area contributed by atoms with Crippen LogP contribution in [0.2, 0.25) is 0 Å². The van der Waals surface area contributed by atoms with Crippen molar-refractivity contribution in [3.8, 4) is 0 Å². The van der Waals surface area contributed by atoms with Crippen LogP contribution in [0, 0.1) is 5.41 Å². The summed E-state index contributed by atoms with van der Waals surface area (Å²) in [5, 5.41) is 7.64. The first-order valence-electron chi connectivity index (χ1n) is 7.73. The Kier molecular flexibility index (Phi) is 5.51. The summed E-state index contributed by atoms with van der Waals surface area (Å²) in [5.74, 6) is 1.07. The lowest BCUT2D eigenvalue weighted by Crippen LogP contribution is -2.42. The fraction of sp³-hybridized carbons (Fsp3) is 0.733. The zero-order valence-electron chi connectivity index (χ0n) is 13.0. The van der Waals surface area contributed by atoms with Crippen molar-refractivity contribution in [2.24, 2.45) is 17.5 Å². The topological polar surface area (TPSA) is 45.5 Å². The molecule has 0 aromatic carbocycles. The van der Waals surface area contributed by atoms with Crippen LogP contribution in [0.1, 0.15) is 38.3 Å². The summed E-state index contributed by atoms with van der Waals surface area (Å²) >= 11 is 0. The minimum absolute atomic E-state index is 0. The number of nitrogens with zero attached hydrogens (tertiary/aromatic N) is 4. The number of nitrogens with one attached hydrogen (secondary N) is 1. The van der Waals surface area contributed by atoms with Gasteiger partial charge in [0.15, 0.2) is 5.96 Å². The summed E-state index contributed by atoms with van der Waals surface area (Å²) in [4.78, 5) is 7.24. The molecule has 21 heavy (non-hydrogen) atoms. The van der Waals surface area contributed by atoms with E-state index in [-0.39, 0.29) is 24.0 Å². The lowest BCUT2D eigenvalue weighted by molar-refractivity contribution is 0.151. The zero-order valence-corrected chi connectivity index (χ0v) is 15.3. The molecule has 118 valence electrons. The summed E-state index contributed by atoms with van der Waals surface area (Å²) in [6.45, 7) is 6.09. The fourth-order valence-electron chi connectivity index (χ4n) is 3.34. The van der Waals surface area contributed by atoms with E-state index in [0.29, 0.717) is 12.0 Å². The van der Waals surface area contributed by atoms with Gasteiger partial charge in [-0.2, -0.15) is 5.10 Å². The molecule has 1 N–H and O–H groups in total. The van der Waals surface area contributed by atoms with Gasteiger partial charge in [-0.05, 0) is 37.7 Å². The van der Waals surface area contributed by atoms with Gasteiger partial charge in [-0.25, -0.2) is 4.99 Å². The van der Waals surface area contributed by atoms with Crippen molar-refractivity contribution in [2.75, 3.05) is 19.6 Å². The highest BCUT2D eigenvalue weighted by Gasteiger charge is 2.43. The molecule has 1 saturated carbocycles. The van der Waals surface area contributed by atoms with Gasteiger partial charge >= 0.3 is 0 Å². The molecule has 3 rings (SSSR count). The van der Waals surface area contributed by atoms with E-state index in [1.807, 2.05) is 24.0 Å². The van der Waals surface area contributed by atoms with Crippen molar-refractivity contribution >= 4 is 29.9 Å². The maximum absolute atomic E-state index is 4.79. The summed E-state index contributed by atoms with van der Waals surface area (Å²) in [6.07, 6.45) is 7.39. The minimum atomic E-state index is 0. The lowest BCUT2D eigenvalue weighted by Gasteiger charge is -2.38. The van der Waals surface area contributed by atoms with Crippen LogP contribution in [0.15, 0.2) is 17.3 Å². The quantitative estimate of drug-likeness (QED) is 0.479. The van der Waals surface area contributed by atoms with E-state index in [2.05, 4.69) is 22.2 Å². The number of hydrogen-bond acceptors (Lipinski definition) is 2. The van der Waals surface area contributed by atoms with Crippen LogP contribution in [-0.2, 0) is 13.6 Å². The number of likely N-dealkylation sites (tertiary alicyclic amines) is 1. The van der Waals surface area contributed by atoms with Gasteiger partial charge in [-0.1, -0.05) is 6.42 Å².